The molecule has 0 atom stereocenters. The zero-order valence-corrected chi connectivity index (χ0v) is 13.0. The first-order chi connectivity index (χ1) is 10.6. The molecule has 0 aliphatic carbocycles. The third-order valence-electron chi connectivity index (χ3n) is 3.56. The maximum atomic E-state index is 12.2. The zero-order valence-electron chi connectivity index (χ0n) is 13.0. The van der Waals surface area contributed by atoms with E-state index in [1.165, 1.54) is 5.56 Å². The lowest BCUT2D eigenvalue weighted by atomic mass is 10.0. The number of carbonyl (C=O) groups is 1. The van der Waals surface area contributed by atoms with Crippen LogP contribution in [0, 0.1) is 11.3 Å². The van der Waals surface area contributed by atoms with Gasteiger partial charge < -0.3 is 15.0 Å². The molecule has 1 aromatic rings. The van der Waals surface area contributed by atoms with Crippen LogP contribution in [0.4, 0.5) is 5.69 Å². The summed E-state index contributed by atoms with van der Waals surface area (Å²) in [5.41, 5.74) is 2.01. The van der Waals surface area contributed by atoms with Gasteiger partial charge in [0.05, 0.1) is 13.2 Å². The number of ether oxygens (including phenoxy) is 1. The Labute approximate surface area is 131 Å². The number of anilines is 1. The van der Waals surface area contributed by atoms with E-state index in [2.05, 4.69) is 19.2 Å². The molecular formula is C17H21N3O2. The third kappa shape index (κ3) is 4.34. The van der Waals surface area contributed by atoms with Crippen LogP contribution in [0.5, 0.6) is 0 Å². The van der Waals surface area contributed by atoms with Crippen LogP contribution in [-0.2, 0) is 9.53 Å². The average Bonchev–Trinajstić information content (AvgIpc) is 2.54. The van der Waals surface area contributed by atoms with Crippen LogP contribution < -0.4 is 5.32 Å². The van der Waals surface area contributed by atoms with Crippen LogP contribution in [0.1, 0.15) is 25.3 Å². The molecule has 0 bridgehead atoms. The van der Waals surface area contributed by atoms with Gasteiger partial charge in [0, 0.05) is 25.0 Å². The van der Waals surface area contributed by atoms with Crippen molar-refractivity contribution in [1.29, 1.82) is 5.26 Å². The molecule has 1 N–H and O–H groups in total. The fourth-order valence-electron chi connectivity index (χ4n) is 2.18. The van der Waals surface area contributed by atoms with E-state index in [0.717, 1.165) is 0 Å². The van der Waals surface area contributed by atoms with Gasteiger partial charge >= 0.3 is 0 Å². The van der Waals surface area contributed by atoms with E-state index in [9.17, 15) is 10.1 Å². The minimum absolute atomic E-state index is 0.106. The first-order valence-corrected chi connectivity index (χ1v) is 7.45. The number of hydrogen-bond donors (Lipinski definition) is 1. The Hall–Kier alpha value is -2.32. The Morgan fingerprint density at radius 3 is 2.50 bits per heavy atom. The molecule has 0 aromatic heterocycles. The number of carbonyl (C=O) groups excluding carboxylic acids is 1. The van der Waals surface area contributed by atoms with Gasteiger partial charge in [0.2, 0.25) is 0 Å². The van der Waals surface area contributed by atoms with E-state index >= 15 is 0 Å². The predicted molar refractivity (Wildman–Crippen MR) is 85.2 cm³/mol. The molecule has 1 aliphatic rings. The van der Waals surface area contributed by atoms with Crippen LogP contribution in [0.15, 0.2) is 36.0 Å². The molecule has 0 saturated carbocycles. The molecule has 0 radical (unpaired) electrons. The second-order valence-electron chi connectivity index (χ2n) is 5.53. The Morgan fingerprint density at radius 1 is 1.32 bits per heavy atom. The van der Waals surface area contributed by atoms with Gasteiger partial charge in [-0.25, -0.2) is 0 Å². The minimum Gasteiger partial charge on any atom is -0.378 e. The van der Waals surface area contributed by atoms with E-state index in [4.69, 9.17) is 4.74 Å². The second-order valence-corrected chi connectivity index (χ2v) is 5.53. The van der Waals surface area contributed by atoms with Crippen LogP contribution >= 0.6 is 0 Å². The lowest BCUT2D eigenvalue weighted by Gasteiger charge is -2.25. The lowest BCUT2D eigenvalue weighted by molar-refractivity contribution is -0.112. The molecule has 1 heterocycles. The van der Waals surface area contributed by atoms with Crippen molar-refractivity contribution >= 4 is 11.6 Å². The fourth-order valence-corrected chi connectivity index (χ4v) is 2.18. The summed E-state index contributed by atoms with van der Waals surface area (Å²) >= 11 is 0. The Bertz CT molecular complexity index is 579. The Morgan fingerprint density at radius 2 is 1.95 bits per heavy atom. The molecular weight excluding hydrogens is 278 g/mol. The van der Waals surface area contributed by atoms with Crippen molar-refractivity contribution in [2.45, 2.75) is 19.8 Å². The zero-order chi connectivity index (χ0) is 15.9. The van der Waals surface area contributed by atoms with Gasteiger partial charge in [-0.3, -0.25) is 4.79 Å². The van der Waals surface area contributed by atoms with E-state index in [-0.39, 0.29) is 11.5 Å². The molecule has 5 heteroatoms. The molecule has 5 nitrogen and oxygen atoms in total. The molecule has 116 valence electrons. The minimum atomic E-state index is -0.383. The first-order valence-electron chi connectivity index (χ1n) is 7.45. The topological polar surface area (TPSA) is 65.4 Å². The number of hydrogen-bond acceptors (Lipinski definition) is 4. The number of amides is 1. The molecule has 2 rings (SSSR count). The molecule has 0 spiro atoms. The highest BCUT2D eigenvalue weighted by Crippen LogP contribution is 2.17. The average molecular weight is 299 g/mol. The first kappa shape index (κ1) is 16.1. The molecule has 1 fully saturated rings. The van der Waals surface area contributed by atoms with Crippen molar-refractivity contribution in [3.05, 3.63) is 41.6 Å². The lowest BCUT2D eigenvalue weighted by Crippen LogP contribution is -2.33. The normalized spacial score (nSPS) is 15.5. The largest absolute Gasteiger partial charge is 0.378 e. The summed E-state index contributed by atoms with van der Waals surface area (Å²) in [4.78, 5) is 14.1. The van der Waals surface area contributed by atoms with Gasteiger partial charge in [-0.05, 0) is 23.6 Å². The summed E-state index contributed by atoms with van der Waals surface area (Å²) in [6.07, 6.45) is 1.61. The Balaban J connectivity index is 2.02. The Kier molecular flexibility index (Phi) is 5.56. The second kappa shape index (κ2) is 7.62. The quantitative estimate of drug-likeness (QED) is 0.685. The summed E-state index contributed by atoms with van der Waals surface area (Å²) in [5.74, 6) is 0.0620. The van der Waals surface area contributed by atoms with Crippen LogP contribution in [-0.4, -0.2) is 37.1 Å². The maximum absolute atomic E-state index is 12.2. The van der Waals surface area contributed by atoms with E-state index in [0.29, 0.717) is 37.9 Å². The van der Waals surface area contributed by atoms with Gasteiger partial charge in [0.1, 0.15) is 11.6 Å². The van der Waals surface area contributed by atoms with Crippen molar-refractivity contribution in [2.75, 3.05) is 31.6 Å². The van der Waals surface area contributed by atoms with Gasteiger partial charge in [-0.1, -0.05) is 26.0 Å². The maximum Gasteiger partial charge on any atom is 0.267 e. The van der Waals surface area contributed by atoms with Gasteiger partial charge in [0.25, 0.3) is 5.91 Å². The molecule has 1 amide bonds. The molecule has 1 aromatic carbocycles. The molecule has 0 unspecified atom stereocenters. The number of nitriles is 1. The molecule has 1 aliphatic heterocycles. The van der Waals surface area contributed by atoms with Crippen LogP contribution in [0.25, 0.3) is 0 Å². The smallest absolute Gasteiger partial charge is 0.267 e. The van der Waals surface area contributed by atoms with Crippen molar-refractivity contribution in [3.63, 3.8) is 0 Å². The molecule has 22 heavy (non-hydrogen) atoms. The van der Waals surface area contributed by atoms with Crippen molar-refractivity contribution in [3.8, 4) is 6.07 Å². The predicted octanol–water partition coefficient (Wildman–Crippen LogP) is 2.49. The highest BCUT2D eigenvalue weighted by molar-refractivity contribution is 6.06. The summed E-state index contributed by atoms with van der Waals surface area (Å²) < 4.78 is 5.25. The van der Waals surface area contributed by atoms with Crippen molar-refractivity contribution < 1.29 is 9.53 Å². The van der Waals surface area contributed by atoms with E-state index < -0.39 is 0 Å². The fraction of sp³-hybridized carbons (Fsp3) is 0.412. The number of nitrogens with zero attached hydrogens (tertiary/aromatic N) is 2. The summed E-state index contributed by atoms with van der Waals surface area (Å²) in [6, 6.07) is 9.65. The van der Waals surface area contributed by atoms with Gasteiger partial charge in [-0.15, -0.1) is 0 Å². The van der Waals surface area contributed by atoms with Crippen LogP contribution in [0.2, 0.25) is 0 Å². The molecule has 1 saturated heterocycles. The highest BCUT2D eigenvalue weighted by Gasteiger charge is 2.13. The van der Waals surface area contributed by atoms with E-state index in [1.54, 1.807) is 6.20 Å². The summed E-state index contributed by atoms with van der Waals surface area (Å²) in [5, 5.41) is 11.9. The standard InChI is InChI=1S/C17H21N3O2/c1-13(2)14-3-5-16(6-4-14)19-17(21)15(11-18)12-20-7-9-22-10-8-20/h3-6,12-13H,7-10H2,1-2H3,(H,19,21)/b15-12-. The number of nitrogens with one attached hydrogen (secondary N) is 1. The summed E-state index contributed by atoms with van der Waals surface area (Å²) in [6.45, 7) is 6.86. The monoisotopic (exact) mass is 299 g/mol. The van der Waals surface area contributed by atoms with Crippen molar-refractivity contribution in [1.82, 2.24) is 4.90 Å². The number of rotatable bonds is 4. The SMILES string of the molecule is CC(C)c1ccc(NC(=O)/C(C#N)=C\N2CCOCC2)cc1. The summed E-state index contributed by atoms with van der Waals surface area (Å²) in [7, 11) is 0. The number of benzene rings is 1. The van der Waals surface area contributed by atoms with Crippen molar-refractivity contribution in [2.24, 2.45) is 0 Å². The van der Waals surface area contributed by atoms with Gasteiger partial charge in [-0.2, -0.15) is 5.26 Å². The van der Waals surface area contributed by atoms with Crippen LogP contribution in [0.3, 0.4) is 0 Å². The number of morpholine rings is 1. The highest BCUT2D eigenvalue weighted by atomic mass is 16.5. The third-order valence-corrected chi connectivity index (χ3v) is 3.56. The van der Waals surface area contributed by atoms with E-state index in [1.807, 2.05) is 35.2 Å². The van der Waals surface area contributed by atoms with Gasteiger partial charge in [0.15, 0.2) is 0 Å².